The fourth-order valence-corrected chi connectivity index (χ4v) is 1.93. The maximum Gasteiger partial charge on any atom is 0.170 e. The molecule has 4 heteroatoms. The summed E-state index contributed by atoms with van der Waals surface area (Å²) in [4.78, 5) is 2.23. The van der Waals surface area contributed by atoms with E-state index >= 15 is 0 Å². The van der Waals surface area contributed by atoms with E-state index in [1.807, 2.05) is 19.1 Å². The van der Waals surface area contributed by atoms with Gasteiger partial charge in [-0.25, -0.2) is 0 Å². The van der Waals surface area contributed by atoms with Crippen molar-refractivity contribution in [3.05, 3.63) is 29.3 Å². The number of oxime groups is 1. The first-order chi connectivity index (χ1) is 8.49. The third kappa shape index (κ3) is 3.39. The highest BCUT2D eigenvalue weighted by Gasteiger charge is 2.09. The Kier molecular flexibility index (Phi) is 5.01. The van der Waals surface area contributed by atoms with Gasteiger partial charge >= 0.3 is 0 Å². The maximum atomic E-state index is 8.69. The highest BCUT2D eigenvalue weighted by atomic mass is 16.4. The zero-order valence-electron chi connectivity index (χ0n) is 11.6. The molecular formula is C14H23N3O. The largest absolute Gasteiger partial charge is 0.409 e. The second-order valence-electron chi connectivity index (χ2n) is 4.88. The number of nitrogens with two attached hydrogens (primary N) is 1. The lowest BCUT2D eigenvalue weighted by molar-refractivity contribution is 0.318. The lowest BCUT2D eigenvalue weighted by atomic mass is 10.1. The van der Waals surface area contributed by atoms with Crippen LogP contribution in [0.25, 0.3) is 0 Å². The molecule has 1 unspecified atom stereocenters. The van der Waals surface area contributed by atoms with Crippen LogP contribution in [0.5, 0.6) is 0 Å². The van der Waals surface area contributed by atoms with Gasteiger partial charge in [0.1, 0.15) is 0 Å². The van der Waals surface area contributed by atoms with Crippen LogP contribution < -0.4 is 10.6 Å². The van der Waals surface area contributed by atoms with E-state index in [4.69, 9.17) is 10.9 Å². The van der Waals surface area contributed by atoms with Crippen molar-refractivity contribution in [1.29, 1.82) is 0 Å². The van der Waals surface area contributed by atoms with E-state index in [0.29, 0.717) is 5.92 Å². The molecule has 1 aromatic carbocycles. The van der Waals surface area contributed by atoms with Crippen molar-refractivity contribution >= 4 is 11.5 Å². The SMILES string of the molecule is CCC(C)CN(C)c1ccc(/C(N)=N/O)c(C)c1. The highest BCUT2D eigenvalue weighted by Crippen LogP contribution is 2.19. The smallest absolute Gasteiger partial charge is 0.170 e. The number of aryl methyl sites for hydroxylation is 1. The highest BCUT2D eigenvalue weighted by molar-refractivity contribution is 5.98. The van der Waals surface area contributed by atoms with Crippen LogP contribution in [0.4, 0.5) is 5.69 Å². The minimum absolute atomic E-state index is 0.156. The van der Waals surface area contributed by atoms with E-state index < -0.39 is 0 Å². The molecule has 1 aromatic rings. The number of nitrogens with zero attached hydrogens (tertiary/aromatic N) is 2. The van der Waals surface area contributed by atoms with Gasteiger partial charge in [0.05, 0.1) is 0 Å². The first-order valence-corrected chi connectivity index (χ1v) is 6.29. The van der Waals surface area contributed by atoms with Gasteiger partial charge in [-0.1, -0.05) is 25.4 Å². The molecule has 0 spiro atoms. The van der Waals surface area contributed by atoms with E-state index in [-0.39, 0.29) is 5.84 Å². The average molecular weight is 249 g/mol. The Hall–Kier alpha value is -1.71. The lowest BCUT2D eigenvalue weighted by Gasteiger charge is -2.23. The van der Waals surface area contributed by atoms with E-state index in [1.54, 1.807) is 0 Å². The van der Waals surface area contributed by atoms with Crippen molar-refractivity contribution in [3.8, 4) is 0 Å². The molecule has 18 heavy (non-hydrogen) atoms. The van der Waals surface area contributed by atoms with Crippen molar-refractivity contribution in [2.45, 2.75) is 27.2 Å². The van der Waals surface area contributed by atoms with Gasteiger partial charge in [-0.15, -0.1) is 0 Å². The average Bonchev–Trinajstić information content (AvgIpc) is 2.37. The van der Waals surface area contributed by atoms with Crippen molar-refractivity contribution in [1.82, 2.24) is 0 Å². The second-order valence-corrected chi connectivity index (χ2v) is 4.88. The molecule has 0 aliphatic carbocycles. The molecule has 0 heterocycles. The molecule has 0 radical (unpaired) electrons. The number of hydrogen-bond donors (Lipinski definition) is 2. The lowest BCUT2D eigenvalue weighted by Crippen LogP contribution is -2.24. The van der Waals surface area contributed by atoms with Gasteiger partial charge in [0.15, 0.2) is 5.84 Å². The quantitative estimate of drug-likeness (QED) is 0.365. The number of anilines is 1. The number of benzene rings is 1. The monoisotopic (exact) mass is 249 g/mol. The second kappa shape index (κ2) is 6.28. The third-order valence-corrected chi connectivity index (χ3v) is 3.32. The molecule has 4 nitrogen and oxygen atoms in total. The molecule has 3 N–H and O–H groups in total. The summed E-state index contributed by atoms with van der Waals surface area (Å²) in [5, 5.41) is 11.7. The van der Waals surface area contributed by atoms with Gasteiger partial charge in [-0.3, -0.25) is 0 Å². The molecule has 0 fully saturated rings. The van der Waals surface area contributed by atoms with Gasteiger partial charge in [0.25, 0.3) is 0 Å². The Morgan fingerprint density at radius 1 is 1.50 bits per heavy atom. The van der Waals surface area contributed by atoms with Gasteiger partial charge in [0.2, 0.25) is 0 Å². The van der Waals surface area contributed by atoms with E-state index in [2.05, 4.69) is 37.0 Å². The van der Waals surface area contributed by atoms with Crippen LogP contribution in [0.15, 0.2) is 23.4 Å². The summed E-state index contributed by atoms with van der Waals surface area (Å²) in [5.74, 6) is 0.822. The molecule has 0 amide bonds. The Morgan fingerprint density at radius 3 is 2.67 bits per heavy atom. The zero-order chi connectivity index (χ0) is 13.7. The van der Waals surface area contributed by atoms with Gasteiger partial charge in [-0.05, 0) is 36.6 Å². The Balaban J connectivity index is 2.90. The Bertz CT molecular complexity index is 429. The third-order valence-electron chi connectivity index (χ3n) is 3.32. The summed E-state index contributed by atoms with van der Waals surface area (Å²) in [6, 6.07) is 5.96. The summed E-state index contributed by atoms with van der Waals surface area (Å²) in [7, 11) is 2.09. The predicted octanol–water partition coefficient (Wildman–Crippen LogP) is 2.57. The zero-order valence-corrected chi connectivity index (χ0v) is 11.6. The first-order valence-electron chi connectivity index (χ1n) is 6.29. The molecular weight excluding hydrogens is 226 g/mol. The topological polar surface area (TPSA) is 61.8 Å². The number of amidine groups is 1. The number of hydrogen-bond acceptors (Lipinski definition) is 3. The molecule has 0 bridgehead atoms. The summed E-state index contributed by atoms with van der Waals surface area (Å²) >= 11 is 0. The van der Waals surface area contributed by atoms with Crippen LogP contribution in [-0.2, 0) is 0 Å². The maximum absolute atomic E-state index is 8.69. The van der Waals surface area contributed by atoms with Gasteiger partial charge < -0.3 is 15.8 Å². The molecule has 100 valence electrons. The summed E-state index contributed by atoms with van der Waals surface area (Å²) in [6.07, 6.45) is 1.17. The first kappa shape index (κ1) is 14.4. The fourth-order valence-electron chi connectivity index (χ4n) is 1.93. The van der Waals surface area contributed by atoms with Crippen LogP contribution in [0.1, 0.15) is 31.4 Å². The molecule has 1 atom stereocenters. The number of rotatable bonds is 5. The normalized spacial score (nSPS) is 13.4. The van der Waals surface area contributed by atoms with Crippen molar-refractivity contribution in [3.63, 3.8) is 0 Å². The molecule has 0 saturated carbocycles. The van der Waals surface area contributed by atoms with Crippen LogP contribution in [-0.4, -0.2) is 24.6 Å². The Morgan fingerprint density at radius 2 is 2.17 bits per heavy atom. The minimum Gasteiger partial charge on any atom is -0.409 e. The summed E-state index contributed by atoms with van der Waals surface area (Å²) in [5.41, 5.74) is 8.55. The fraction of sp³-hybridized carbons (Fsp3) is 0.500. The van der Waals surface area contributed by atoms with Crippen LogP contribution in [0, 0.1) is 12.8 Å². The van der Waals surface area contributed by atoms with Gasteiger partial charge in [0, 0.05) is 24.8 Å². The molecule has 1 rings (SSSR count). The van der Waals surface area contributed by atoms with Crippen LogP contribution >= 0.6 is 0 Å². The van der Waals surface area contributed by atoms with Gasteiger partial charge in [-0.2, -0.15) is 0 Å². The van der Waals surface area contributed by atoms with Crippen LogP contribution in [0.3, 0.4) is 0 Å². The van der Waals surface area contributed by atoms with Crippen molar-refractivity contribution in [2.75, 3.05) is 18.5 Å². The van der Waals surface area contributed by atoms with E-state index in [0.717, 1.165) is 23.4 Å². The summed E-state index contributed by atoms with van der Waals surface area (Å²) in [6.45, 7) is 7.44. The van der Waals surface area contributed by atoms with E-state index in [9.17, 15) is 0 Å². The Labute approximate surface area is 109 Å². The molecule has 0 aromatic heterocycles. The molecule has 0 aliphatic heterocycles. The molecule has 0 saturated heterocycles. The standard InChI is InChI=1S/C14H23N3O/c1-5-10(2)9-17(4)12-6-7-13(11(3)8-12)14(15)16-18/h6-8,10,18H,5,9H2,1-4H3,(H2,15,16). The minimum atomic E-state index is 0.156. The van der Waals surface area contributed by atoms with Crippen LogP contribution in [0.2, 0.25) is 0 Å². The van der Waals surface area contributed by atoms with E-state index in [1.165, 1.54) is 6.42 Å². The summed E-state index contributed by atoms with van der Waals surface area (Å²) < 4.78 is 0. The van der Waals surface area contributed by atoms with Crippen molar-refractivity contribution < 1.29 is 5.21 Å². The predicted molar refractivity (Wildman–Crippen MR) is 76.4 cm³/mol. The van der Waals surface area contributed by atoms with Crippen molar-refractivity contribution in [2.24, 2.45) is 16.8 Å². The molecule has 0 aliphatic rings.